The van der Waals surface area contributed by atoms with Gasteiger partial charge in [-0.25, -0.2) is 9.97 Å². The number of alkyl halides is 3. The Morgan fingerprint density at radius 1 is 1.15 bits per heavy atom. The lowest BCUT2D eigenvalue weighted by molar-refractivity contribution is -0.137. The predicted molar refractivity (Wildman–Crippen MR) is 131 cm³/mol. The zero-order valence-corrected chi connectivity index (χ0v) is 19.8. The van der Waals surface area contributed by atoms with Crippen molar-refractivity contribution >= 4 is 28.1 Å². The van der Waals surface area contributed by atoms with Crippen molar-refractivity contribution in [1.29, 1.82) is 0 Å². The fourth-order valence-electron chi connectivity index (χ4n) is 3.69. The first-order valence-electron chi connectivity index (χ1n) is 10.6. The second-order valence-corrected chi connectivity index (χ2v) is 9.14. The molecule has 4 aromatic rings. The minimum atomic E-state index is -4.36. The molecule has 3 aromatic heterocycles. The van der Waals surface area contributed by atoms with Gasteiger partial charge >= 0.3 is 6.18 Å². The molecule has 0 bridgehead atoms. The number of fused-ring (bicyclic) bond motifs is 1. The Bertz CT molecular complexity index is 1370. The molecule has 0 unspecified atom stereocenters. The van der Waals surface area contributed by atoms with Crippen molar-refractivity contribution in [3.05, 3.63) is 81.8 Å². The maximum atomic E-state index is 12.8. The van der Waals surface area contributed by atoms with E-state index >= 15 is 0 Å². The Morgan fingerprint density at radius 3 is 2.56 bits per heavy atom. The maximum Gasteiger partial charge on any atom is 0.416 e. The maximum absolute atomic E-state index is 12.8. The third kappa shape index (κ3) is 5.04. The third-order valence-corrected chi connectivity index (χ3v) is 6.82. The molecular weight excluding hydrogens is 459 g/mol. The summed E-state index contributed by atoms with van der Waals surface area (Å²) in [4.78, 5) is 17.8. The van der Waals surface area contributed by atoms with Crippen molar-refractivity contribution in [2.24, 2.45) is 10.7 Å². The van der Waals surface area contributed by atoms with Crippen molar-refractivity contribution in [3.8, 4) is 10.6 Å². The number of rotatable bonds is 6. The molecule has 0 amide bonds. The molecule has 9 heteroatoms. The first-order valence-corrected chi connectivity index (χ1v) is 11.5. The Hall–Kier alpha value is -3.46. The van der Waals surface area contributed by atoms with Crippen LogP contribution >= 0.6 is 11.3 Å². The highest BCUT2D eigenvalue weighted by Crippen LogP contribution is 2.33. The zero-order valence-electron chi connectivity index (χ0n) is 19.0. The molecule has 5 nitrogen and oxygen atoms in total. The van der Waals surface area contributed by atoms with Gasteiger partial charge in [0, 0.05) is 46.1 Å². The fourth-order valence-corrected chi connectivity index (χ4v) is 4.68. The quantitative estimate of drug-likeness (QED) is 0.309. The average molecular weight is 484 g/mol. The van der Waals surface area contributed by atoms with Crippen LogP contribution < -0.4 is 5.73 Å². The van der Waals surface area contributed by atoms with Crippen molar-refractivity contribution in [2.45, 2.75) is 39.9 Å². The molecule has 34 heavy (non-hydrogen) atoms. The Kier molecular flexibility index (Phi) is 6.56. The molecule has 0 aliphatic rings. The van der Waals surface area contributed by atoms with Crippen LogP contribution in [0, 0.1) is 6.92 Å². The van der Waals surface area contributed by atoms with Crippen LogP contribution in [0.2, 0.25) is 0 Å². The topological polar surface area (TPSA) is 80.0 Å². The van der Waals surface area contributed by atoms with E-state index in [0.717, 1.165) is 50.6 Å². The van der Waals surface area contributed by atoms with Crippen LogP contribution in [0.3, 0.4) is 0 Å². The molecule has 0 fully saturated rings. The zero-order chi connectivity index (χ0) is 24.5. The summed E-state index contributed by atoms with van der Waals surface area (Å²) in [6.45, 7) is 6.10. The predicted octanol–water partition coefficient (Wildman–Crippen LogP) is 6.45. The van der Waals surface area contributed by atoms with E-state index in [1.807, 2.05) is 39.1 Å². The minimum absolute atomic E-state index is 0.419. The van der Waals surface area contributed by atoms with E-state index in [1.165, 1.54) is 23.5 Å². The smallest absolute Gasteiger partial charge is 0.402 e. The summed E-state index contributed by atoms with van der Waals surface area (Å²) in [5, 5.41) is 1.72. The molecule has 0 saturated carbocycles. The van der Waals surface area contributed by atoms with Crippen LogP contribution in [0.1, 0.15) is 35.5 Å². The van der Waals surface area contributed by atoms with Gasteiger partial charge < -0.3 is 10.7 Å². The number of aliphatic imine (C=N–C) groups is 1. The lowest BCUT2D eigenvalue weighted by atomic mass is 10.00. The number of hydrogen-bond donors (Lipinski definition) is 2. The Morgan fingerprint density at radius 2 is 1.88 bits per heavy atom. The highest BCUT2D eigenvalue weighted by molar-refractivity contribution is 7.15. The number of nitrogens with zero attached hydrogens (tertiary/aromatic N) is 3. The second kappa shape index (κ2) is 9.42. The Labute approximate surface area is 199 Å². The van der Waals surface area contributed by atoms with E-state index in [2.05, 4.69) is 15.0 Å². The highest BCUT2D eigenvalue weighted by Gasteiger charge is 2.30. The van der Waals surface area contributed by atoms with Crippen LogP contribution in [-0.4, -0.2) is 20.7 Å². The number of benzene rings is 1. The third-order valence-electron chi connectivity index (χ3n) is 5.63. The average Bonchev–Trinajstić information content (AvgIpc) is 3.38. The summed E-state index contributed by atoms with van der Waals surface area (Å²) in [5.74, 6) is 0. The number of pyridine rings is 1. The van der Waals surface area contributed by atoms with Crippen molar-refractivity contribution in [2.75, 3.05) is 0 Å². The lowest BCUT2D eigenvalue weighted by Crippen LogP contribution is -2.09. The van der Waals surface area contributed by atoms with E-state index in [9.17, 15) is 13.2 Å². The highest BCUT2D eigenvalue weighted by atomic mass is 32.1. The van der Waals surface area contributed by atoms with Gasteiger partial charge in [-0.1, -0.05) is 12.1 Å². The molecular formula is C25H24F3N5S. The van der Waals surface area contributed by atoms with Crippen LogP contribution in [-0.2, 0) is 19.1 Å². The molecule has 0 aliphatic heterocycles. The van der Waals surface area contributed by atoms with Gasteiger partial charge in [-0.15, -0.1) is 11.3 Å². The van der Waals surface area contributed by atoms with Crippen LogP contribution in [0.5, 0.6) is 0 Å². The molecule has 0 aliphatic carbocycles. The SMILES string of the molecule is CC(=NCc1sc(-c2ccc(C(F)(F)F)cc2)nc1C)C(Cc1c[nH]c2ncccc12)=C(C)N. The van der Waals surface area contributed by atoms with E-state index in [4.69, 9.17) is 10.7 Å². The molecule has 0 saturated heterocycles. The van der Waals surface area contributed by atoms with Gasteiger partial charge in [0.25, 0.3) is 0 Å². The van der Waals surface area contributed by atoms with Gasteiger partial charge in [0.1, 0.15) is 10.7 Å². The number of aromatic amines is 1. The summed E-state index contributed by atoms with van der Waals surface area (Å²) in [6, 6.07) is 8.99. The van der Waals surface area contributed by atoms with Gasteiger partial charge in [0.15, 0.2) is 0 Å². The molecule has 1 aromatic carbocycles. The van der Waals surface area contributed by atoms with Gasteiger partial charge in [-0.05, 0) is 56.2 Å². The number of aromatic nitrogens is 3. The molecule has 4 rings (SSSR count). The summed E-state index contributed by atoms with van der Waals surface area (Å²) in [5.41, 5.74) is 11.4. The number of halogens is 3. The normalized spacial score (nSPS) is 13.4. The van der Waals surface area contributed by atoms with Crippen molar-refractivity contribution in [3.63, 3.8) is 0 Å². The number of H-pyrrole nitrogens is 1. The van der Waals surface area contributed by atoms with Gasteiger partial charge in [0.2, 0.25) is 0 Å². The monoisotopic (exact) mass is 483 g/mol. The Balaban J connectivity index is 1.53. The first kappa shape index (κ1) is 23.7. The molecule has 0 atom stereocenters. The number of thiazole rings is 1. The van der Waals surface area contributed by atoms with E-state index in [0.29, 0.717) is 29.2 Å². The number of nitrogens with one attached hydrogen (secondary N) is 1. The molecule has 176 valence electrons. The van der Waals surface area contributed by atoms with Gasteiger partial charge in [-0.3, -0.25) is 4.99 Å². The summed E-state index contributed by atoms with van der Waals surface area (Å²) < 4.78 is 38.5. The van der Waals surface area contributed by atoms with Crippen molar-refractivity contribution in [1.82, 2.24) is 15.0 Å². The number of allylic oxidation sites excluding steroid dienone is 2. The van der Waals surface area contributed by atoms with E-state index in [-0.39, 0.29) is 0 Å². The first-order chi connectivity index (χ1) is 16.1. The molecule has 3 heterocycles. The summed E-state index contributed by atoms with van der Waals surface area (Å²) in [6.07, 6.45) is -0.0414. The standard InChI is InChI=1S/C25H24F3N5S/c1-14(29)21(11-18-12-32-23-20(18)5-4-10-30-23)15(2)31-13-22-16(3)33-24(34-22)17-6-8-19(9-7-17)25(26,27)28/h4-10,12H,11,13,29H2,1-3H3,(H,30,32). The minimum Gasteiger partial charge on any atom is -0.402 e. The second-order valence-electron chi connectivity index (χ2n) is 8.06. The van der Waals surface area contributed by atoms with Crippen LogP contribution in [0.15, 0.2) is 65.1 Å². The van der Waals surface area contributed by atoms with E-state index in [1.54, 1.807) is 6.20 Å². The van der Waals surface area contributed by atoms with Crippen LogP contribution in [0.25, 0.3) is 21.6 Å². The lowest BCUT2D eigenvalue weighted by Gasteiger charge is -2.10. The van der Waals surface area contributed by atoms with Crippen molar-refractivity contribution < 1.29 is 13.2 Å². The molecule has 0 spiro atoms. The van der Waals surface area contributed by atoms with Crippen LogP contribution in [0.4, 0.5) is 13.2 Å². The number of aryl methyl sites for hydroxylation is 1. The molecule has 0 radical (unpaired) electrons. The summed E-state index contributed by atoms with van der Waals surface area (Å²) >= 11 is 1.44. The number of hydrogen-bond acceptors (Lipinski definition) is 5. The molecule has 3 N–H and O–H groups in total. The van der Waals surface area contributed by atoms with Gasteiger partial charge in [-0.2, -0.15) is 13.2 Å². The van der Waals surface area contributed by atoms with E-state index < -0.39 is 11.7 Å². The summed E-state index contributed by atoms with van der Waals surface area (Å²) in [7, 11) is 0. The van der Waals surface area contributed by atoms with Gasteiger partial charge in [0.05, 0.1) is 17.8 Å². The fraction of sp³-hybridized carbons (Fsp3) is 0.240. The number of nitrogens with two attached hydrogens (primary N) is 1. The largest absolute Gasteiger partial charge is 0.416 e.